The van der Waals surface area contributed by atoms with E-state index in [2.05, 4.69) is 4.52 Å². The molecule has 0 rings (SSSR count). The van der Waals surface area contributed by atoms with E-state index in [0.717, 1.165) is 38.5 Å². The predicted octanol–water partition coefficient (Wildman–Crippen LogP) is 3.05. The summed E-state index contributed by atoms with van der Waals surface area (Å²) in [6.07, 6.45) is 5.68. The number of Topliss-reactive ketones (excluding diaryl/α,β-unsaturated/α-hetero) is 2. The van der Waals surface area contributed by atoms with Crippen LogP contribution in [-0.2, 0) is 18.7 Å². The standard InChI is InChI=1S/C19H37O8P/c1-3-5-7-9-11-13-16(21)19(18(23)15-20,27-28(24,25)26)17(22)14-12-10-8-6-4-2/h18,20,23H,3-15H2,1-2H3,(H2,24,25,26)/t18-/m0/s1. The van der Waals surface area contributed by atoms with Gasteiger partial charge in [-0.05, 0) is 12.8 Å². The summed E-state index contributed by atoms with van der Waals surface area (Å²) in [6, 6.07) is 0. The summed E-state index contributed by atoms with van der Waals surface area (Å²) in [5.74, 6) is -1.79. The van der Waals surface area contributed by atoms with Crippen LogP contribution in [0.1, 0.15) is 90.9 Å². The van der Waals surface area contributed by atoms with Crippen LogP contribution in [0.2, 0.25) is 0 Å². The average Bonchev–Trinajstić information content (AvgIpc) is 2.63. The van der Waals surface area contributed by atoms with Crippen LogP contribution in [0.25, 0.3) is 0 Å². The molecular weight excluding hydrogens is 387 g/mol. The first-order valence-corrected chi connectivity index (χ1v) is 11.8. The minimum absolute atomic E-state index is 0.164. The van der Waals surface area contributed by atoms with Gasteiger partial charge in [0.1, 0.15) is 6.10 Å². The topological polar surface area (TPSA) is 141 Å². The number of hydrogen-bond donors (Lipinski definition) is 4. The van der Waals surface area contributed by atoms with Crippen LogP contribution < -0.4 is 0 Å². The third-order valence-corrected chi connectivity index (χ3v) is 5.27. The highest BCUT2D eigenvalue weighted by Gasteiger charge is 2.55. The molecule has 0 aliphatic carbocycles. The fourth-order valence-electron chi connectivity index (χ4n) is 3.16. The normalized spacial score (nSPS) is 13.5. The zero-order valence-electron chi connectivity index (χ0n) is 17.1. The number of ketones is 2. The first-order valence-electron chi connectivity index (χ1n) is 10.3. The summed E-state index contributed by atoms with van der Waals surface area (Å²) in [6.45, 7) is 3.06. The van der Waals surface area contributed by atoms with Gasteiger partial charge in [0.2, 0.25) is 5.60 Å². The summed E-state index contributed by atoms with van der Waals surface area (Å²) in [5, 5.41) is 19.6. The summed E-state index contributed by atoms with van der Waals surface area (Å²) in [5.41, 5.74) is -2.73. The highest BCUT2D eigenvalue weighted by molar-refractivity contribution is 7.46. The molecule has 0 aliphatic heterocycles. The third kappa shape index (κ3) is 9.72. The van der Waals surface area contributed by atoms with E-state index < -0.39 is 37.7 Å². The van der Waals surface area contributed by atoms with Crippen molar-refractivity contribution < 1.29 is 38.7 Å². The van der Waals surface area contributed by atoms with E-state index >= 15 is 0 Å². The Kier molecular flexibility index (Phi) is 14.0. The number of aliphatic hydroxyl groups is 2. The monoisotopic (exact) mass is 424 g/mol. The van der Waals surface area contributed by atoms with Crippen molar-refractivity contribution in [1.82, 2.24) is 0 Å². The number of unbranched alkanes of at least 4 members (excludes halogenated alkanes) is 8. The van der Waals surface area contributed by atoms with Crippen LogP contribution in [0.3, 0.4) is 0 Å². The molecule has 0 aromatic rings. The van der Waals surface area contributed by atoms with Gasteiger partial charge in [0, 0.05) is 12.8 Å². The molecule has 166 valence electrons. The van der Waals surface area contributed by atoms with Crippen LogP contribution >= 0.6 is 7.82 Å². The van der Waals surface area contributed by atoms with E-state index in [0.29, 0.717) is 25.7 Å². The smallest absolute Gasteiger partial charge is 0.394 e. The van der Waals surface area contributed by atoms with Crippen molar-refractivity contribution in [2.45, 2.75) is 103 Å². The average molecular weight is 424 g/mol. The Hall–Kier alpha value is -0.630. The SMILES string of the molecule is CCCCCCCC(=O)C(OP(=O)(O)O)(C(=O)CCCCCCC)[C@@H](O)CO. The van der Waals surface area contributed by atoms with Crippen LogP contribution in [-0.4, -0.2) is 49.9 Å². The first-order chi connectivity index (χ1) is 13.2. The van der Waals surface area contributed by atoms with Crippen LogP contribution in [0, 0.1) is 0 Å². The maximum absolute atomic E-state index is 12.8. The summed E-state index contributed by atoms with van der Waals surface area (Å²) < 4.78 is 16.1. The van der Waals surface area contributed by atoms with Crippen molar-refractivity contribution in [3.05, 3.63) is 0 Å². The van der Waals surface area contributed by atoms with Gasteiger partial charge < -0.3 is 20.0 Å². The molecular formula is C19H37O8P. The summed E-state index contributed by atoms with van der Waals surface area (Å²) in [4.78, 5) is 44.1. The van der Waals surface area contributed by atoms with Crippen LogP contribution in [0.15, 0.2) is 0 Å². The molecule has 1 atom stereocenters. The number of carbonyl (C=O) groups is 2. The minimum Gasteiger partial charge on any atom is -0.394 e. The molecule has 0 aliphatic rings. The first kappa shape index (κ1) is 27.4. The molecule has 0 saturated carbocycles. The van der Waals surface area contributed by atoms with E-state index in [-0.39, 0.29) is 12.8 Å². The maximum atomic E-state index is 12.8. The lowest BCUT2D eigenvalue weighted by Crippen LogP contribution is -2.58. The molecule has 0 aromatic carbocycles. The Bertz CT molecular complexity index is 476. The number of phosphoric ester groups is 1. The molecule has 0 saturated heterocycles. The quantitative estimate of drug-likeness (QED) is 0.149. The lowest BCUT2D eigenvalue weighted by molar-refractivity contribution is -0.164. The van der Waals surface area contributed by atoms with Crippen molar-refractivity contribution >= 4 is 19.4 Å². The van der Waals surface area contributed by atoms with Crippen LogP contribution in [0.5, 0.6) is 0 Å². The third-order valence-electron chi connectivity index (χ3n) is 4.75. The number of rotatable bonds is 18. The molecule has 9 heteroatoms. The van der Waals surface area contributed by atoms with E-state index in [1.54, 1.807) is 0 Å². The zero-order valence-corrected chi connectivity index (χ0v) is 18.0. The van der Waals surface area contributed by atoms with Crippen molar-refractivity contribution in [2.75, 3.05) is 6.61 Å². The Morgan fingerprint density at radius 2 is 1.25 bits per heavy atom. The highest BCUT2D eigenvalue weighted by Crippen LogP contribution is 2.44. The van der Waals surface area contributed by atoms with Gasteiger partial charge >= 0.3 is 7.82 Å². The molecule has 28 heavy (non-hydrogen) atoms. The number of hydrogen-bond acceptors (Lipinski definition) is 6. The molecule has 0 bridgehead atoms. The number of carbonyl (C=O) groups excluding carboxylic acids is 2. The van der Waals surface area contributed by atoms with Crippen molar-refractivity contribution in [3.63, 3.8) is 0 Å². The van der Waals surface area contributed by atoms with E-state index in [1.165, 1.54) is 0 Å². The molecule has 0 heterocycles. The van der Waals surface area contributed by atoms with Gasteiger partial charge in [-0.3, -0.25) is 14.1 Å². The van der Waals surface area contributed by atoms with Gasteiger partial charge in [-0.25, -0.2) is 4.57 Å². The Morgan fingerprint density at radius 3 is 1.57 bits per heavy atom. The molecule has 0 spiro atoms. The maximum Gasteiger partial charge on any atom is 0.471 e. The zero-order chi connectivity index (χ0) is 21.6. The van der Waals surface area contributed by atoms with Gasteiger partial charge in [-0.2, -0.15) is 0 Å². The lowest BCUT2D eigenvalue weighted by atomic mass is 9.82. The molecule has 0 fully saturated rings. The Balaban J connectivity index is 5.36. The van der Waals surface area contributed by atoms with Gasteiger partial charge in [-0.1, -0.05) is 65.2 Å². The largest absolute Gasteiger partial charge is 0.471 e. The number of phosphoric acid groups is 1. The van der Waals surface area contributed by atoms with Gasteiger partial charge in [0.05, 0.1) is 6.61 Å². The van der Waals surface area contributed by atoms with Crippen molar-refractivity contribution in [2.24, 2.45) is 0 Å². The van der Waals surface area contributed by atoms with Gasteiger partial charge in [0.25, 0.3) is 0 Å². The minimum atomic E-state index is -5.27. The summed E-state index contributed by atoms with van der Waals surface area (Å²) >= 11 is 0. The van der Waals surface area contributed by atoms with Crippen molar-refractivity contribution in [1.29, 1.82) is 0 Å². The molecule has 0 amide bonds. The van der Waals surface area contributed by atoms with Gasteiger partial charge in [-0.15, -0.1) is 0 Å². The lowest BCUT2D eigenvalue weighted by Gasteiger charge is -2.34. The van der Waals surface area contributed by atoms with Crippen LogP contribution in [0.4, 0.5) is 0 Å². The Labute approximate surface area is 167 Å². The molecule has 0 unspecified atom stereocenters. The fraction of sp³-hybridized carbons (Fsp3) is 0.895. The van der Waals surface area contributed by atoms with E-state index in [4.69, 9.17) is 0 Å². The Morgan fingerprint density at radius 1 is 0.857 bits per heavy atom. The summed E-state index contributed by atoms with van der Waals surface area (Å²) in [7, 11) is -5.27. The van der Waals surface area contributed by atoms with Gasteiger partial charge in [0.15, 0.2) is 11.6 Å². The number of aliphatic hydroxyl groups excluding tert-OH is 2. The van der Waals surface area contributed by atoms with E-state index in [9.17, 15) is 34.2 Å². The fourth-order valence-corrected chi connectivity index (χ4v) is 3.86. The molecule has 8 nitrogen and oxygen atoms in total. The predicted molar refractivity (Wildman–Crippen MR) is 106 cm³/mol. The molecule has 0 radical (unpaired) electrons. The molecule has 4 N–H and O–H groups in total. The molecule has 0 aromatic heterocycles. The second-order valence-electron chi connectivity index (χ2n) is 7.19. The van der Waals surface area contributed by atoms with Crippen molar-refractivity contribution in [3.8, 4) is 0 Å². The second-order valence-corrected chi connectivity index (χ2v) is 8.35. The second kappa shape index (κ2) is 14.4. The highest BCUT2D eigenvalue weighted by atomic mass is 31.2. The van der Waals surface area contributed by atoms with E-state index in [1.807, 2.05) is 13.8 Å².